The van der Waals surface area contributed by atoms with E-state index in [1.165, 1.54) is 41.6 Å². The minimum atomic E-state index is 1.14. The molecule has 0 N–H and O–H groups in total. The zero-order chi connectivity index (χ0) is 11.7. The Kier molecular flexibility index (Phi) is 2.68. The molecule has 0 saturated heterocycles. The highest BCUT2D eigenvalue weighted by Gasteiger charge is 2.15. The van der Waals surface area contributed by atoms with E-state index >= 15 is 0 Å². The van der Waals surface area contributed by atoms with Gasteiger partial charge in [-0.3, -0.25) is 4.98 Å². The van der Waals surface area contributed by atoms with Crippen molar-refractivity contribution in [3.8, 4) is 11.1 Å². The summed E-state index contributed by atoms with van der Waals surface area (Å²) in [5.74, 6) is 0. The smallest absolute Gasteiger partial charge is 0.0444 e. The molecular weight excluding hydrogens is 206 g/mol. The lowest BCUT2D eigenvalue weighted by atomic mass is 9.89. The fourth-order valence-electron chi connectivity index (χ4n) is 2.72. The molecule has 0 atom stereocenters. The van der Waals surface area contributed by atoms with Crippen LogP contribution in [0.15, 0.2) is 36.4 Å². The van der Waals surface area contributed by atoms with Gasteiger partial charge in [-0.2, -0.15) is 0 Å². The highest BCUT2D eigenvalue weighted by atomic mass is 14.7. The van der Waals surface area contributed by atoms with Gasteiger partial charge in [0.05, 0.1) is 0 Å². The van der Waals surface area contributed by atoms with Gasteiger partial charge in [0, 0.05) is 11.4 Å². The average Bonchev–Trinajstić information content (AvgIpc) is 2.39. The number of nitrogens with zero attached hydrogens (tertiary/aromatic N) is 1. The zero-order valence-corrected chi connectivity index (χ0v) is 10.2. The van der Waals surface area contributed by atoms with Crippen molar-refractivity contribution < 1.29 is 0 Å². The molecule has 0 spiro atoms. The second kappa shape index (κ2) is 4.33. The Morgan fingerprint density at radius 2 is 1.76 bits per heavy atom. The molecule has 86 valence electrons. The molecule has 2 aromatic rings. The lowest BCUT2D eigenvalue weighted by Gasteiger charge is -2.19. The molecule has 0 bridgehead atoms. The molecule has 0 aliphatic heterocycles. The van der Waals surface area contributed by atoms with Crippen LogP contribution in [0.2, 0.25) is 0 Å². The van der Waals surface area contributed by atoms with E-state index in [0.29, 0.717) is 0 Å². The first-order valence-corrected chi connectivity index (χ1v) is 6.39. The van der Waals surface area contributed by atoms with Crippen LogP contribution >= 0.6 is 0 Å². The molecule has 0 fully saturated rings. The Bertz CT molecular complexity index is 529. The first-order chi connectivity index (χ1) is 8.34. The van der Waals surface area contributed by atoms with Crippen LogP contribution in [0.5, 0.6) is 0 Å². The molecule has 1 nitrogen and oxygen atoms in total. The summed E-state index contributed by atoms with van der Waals surface area (Å²) in [6, 6.07) is 12.9. The summed E-state index contributed by atoms with van der Waals surface area (Å²) in [4.78, 5) is 4.70. The summed E-state index contributed by atoms with van der Waals surface area (Å²) in [7, 11) is 0. The maximum Gasteiger partial charge on any atom is 0.0444 e. The maximum atomic E-state index is 4.70. The van der Waals surface area contributed by atoms with Crippen LogP contribution in [0.1, 0.15) is 29.8 Å². The van der Waals surface area contributed by atoms with Crippen molar-refractivity contribution in [3.63, 3.8) is 0 Å². The Balaban J connectivity index is 2.19. The quantitative estimate of drug-likeness (QED) is 0.713. The third-order valence-corrected chi connectivity index (χ3v) is 3.51. The Morgan fingerprint density at radius 1 is 1.00 bits per heavy atom. The van der Waals surface area contributed by atoms with Gasteiger partial charge >= 0.3 is 0 Å². The molecule has 1 heteroatoms. The molecule has 0 amide bonds. The van der Waals surface area contributed by atoms with Crippen LogP contribution in [0, 0.1) is 6.92 Å². The van der Waals surface area contributed by atoms with E-state index in [0.717, 1.165) is 12.1 Å². The molecule has 1 aromatic carbocycles. The lowest BCUT2D eigenvalue weighted by Crippen LogP contribution is -2.08. The van der Waals surface area contributed by atoms with Crippen molar-refractivity contribution in [2.75, 3.05) is 0 Å². The summed E-state index contributed by atoms with van der Waals surface area (Å²) in [5, 5.41) is 0. The van der Waals surface area contributed by atoms with E-state index in [1.54, 1.807) is 0 Å². The van der Waals surface area contributed by atoms with Gasteiger partial charge in [0.1, 0.15) is 0 Å². The molecule has 0 radical (unpaired) electrons. The van der Waals surface area contributed by atoms with Gasteiger partial charge in [0.2, 0.25) is 0 Å². The van der Waals surface area contributed by atoms with E-state index in [4.69, 9.17) is 4.98 Å². The summed E-state index contributed by atoms with van der Waals surface area (Å²) in [6.45, 7) is 2.10. The molecule has 0 saturated carbocycles. The summed E-state index contributed by atoms with van der Waals surface area (Å²) in [5.41, 5.74) is 6.68. The van der Waals surface area contributed by atoms with Crippen LogP contribution in [-0.2, 0) is 12.8 Å². The highest BCUT2D eigenvalue weighted by Crippen LogP contribution is 2.31. The Labute approximate surface area is 103 Å². The van der Waals surface area contributed by atoms with E-state index < -0.39 is 0 Å². The van der Waals surface area contributed by atoms with Crippen molar-refractivity contribution in [1.29, 1.82) is 0 Å². The third-order valence-electron chi connectivity index (χ3n) is 3.51. The van der Waals surface area contributed by atoms with E-state index in [2.05, 4.69) is 43.3 Å². The van der Waals surface area contributed by atoms with Gasteiger partial charge < -0.3 is 0 Å². The van der Waals surface area contributed by atoms with E-state index in [-0.39, 0.29) is 0 Å². The second-order valence-corrected chi connectivity index (χ2v) is 4.81. The molecule has 0 unspecified atom stereocenters. The third kappa shape index (κ3) is 1.97. The average molecular weight is 223 g/mol. The maximum absolute atomic E-state index is 4.70. The number of rotatable bonds is 1. The number of hydrogen-bond donors (Lipinski definition) is 0. The number of aryl methyl sites for hydroxylation is 2. The van der Waals surface area contributed by atoms with Crippen LogP contribution in [0.3, 0.4) is 0 Å². The topological polar surface area (TPSA) is 12.9 Å². The Morgan fingerprint density at radius 3 is 2.59 bits per heavy atom. The molecule has 1 aliphatic rings. The van der Waals surface area contributed by atoms with Gasteiger partial charge in [0.15, 0.2) is 0 Å². The van der Waals surface area contributed by atoms with Crippen molar-refractivity contribution in [3.05, 3.63) is 53.3 Å². The van der Waals surface area contributed by atoms with E-state index in [1.807, 2.05) is 0 Å². The number of pyridine rings is 1. The van der Waals surface area contributed by atoms with Crippen molar-refractivity contribution in [2.45, 2.75) is 32.6 Å². The monoisotopic (exact) mass is 223 g/mol. The van der Waals surface area contributed by atoms with E-state index in [9.17, 15) is 0 Å². The molecule has 1 aliphatic carbocycles. The molecule has 17 heavy (non-hydrogen) atoms. The van der Waals surface area contributed by atoms with Crippen LogP contribution in [-0.4, -0.2) is 4.98 Å². The van der Waals surface area contributed by atoms with Gasteiger partial charge in [-0.25, -0.2) is 0 Å². The molecule has 1 heterocycles. The number of benzene rings is 1. The van der Waals surface area contributed by atoms with Crippen LogP contribution in [0.25, 0.3) is 11.1 Å². The summed E-state index contributed by atoms with van der Waals surface area (Å²) in [6.07, 6.45) is 4.93. The Hall–Kier alpha value is -1.63. The van der Waals surface area contributed by atoms with Crippen LogP contribution < -0.4 is 0 Å². The fourth-order valence-corrected chi connectivity index (χ4v) is 2.72. The number of fused-ring (bicyclic) bond motifs is 1. The van der Waals surface area contributed by atoms with Gasteiger partial charge in [-0.15, -0.1) is 0 Å². The summed E-state index contributed by atoms with van der Waals surface area (Å²) >= 11 is 0. The molecule has 1 aromatic heterocycles. The van der Waals surface area contributed by atoms with Gasteiger partial charge in [-0.1, -0.05) is 30.3 Å². The van der Waals surface area contributed by atoms with Crippen molar-refractivity contribution in [1.82, 2.24) is 4.98 Å². The fraction of sp³-hybridized carbons (Fsp3) is 0.312. The van der Waals surface area contributed by atoms with Gasteiger partial charge in [-0.05, 0) is 55.4 Å². The first kappa shape index (κ1) is 10.5. The molecule has 3 rings (SSSR count). The van der Waals surface area contributed by atoms with Crippen LogP contribution in [0.4, 0.5) is 0 Å². The first-order valence-electron chi connectivity index (χ1n) is 6.39. The van der Waals surface area contributed by atoms with Crippen molar-refractivity contribution >= 4 is 0 Å². The largest absolute Gasteiger partial charge is 0.258 e. The van der Waals surface area contributed by atoms with Crippen molar-refractivity contribution in [2.24, 2.45) is 0 Å². The minimum Gasteiger partial charge on any atom is -0.258 e. The number of aromatic nitrogens is 1. The predicted octanol–water partition coefficient (Wildman–Crippen LogP) is 3.94. The predicted molar refractivity (Wildman–Crippen MR) is 71.1 cm³/mol. The zero-order valence-electron chi connectivity index (χ0n) is 10.2. The normalized spacial score (nSPS) is 14.4. The van der Waals surface area contributed by atoms with Gasteiger partial charge in [0.25, 0.3) is 0 Å². The standard InChI is InChI=1S/C16H17N/c1-12-11-15(13-7-3-2-4-8-13)14-9-5-6-10-16(14)17-12/h2-4,7-8,11H,5-6,9-10H2,1H3. The number of hydrogen-bond acceptors (Lipinski definition) is 1. The second-order valence-electron chi connectivity index (χ2n) is 4.81. The SMILES string of the molecule is Cc1cc(-c2ccccc2)c2c(n1)CCCC2. The summed E-state index contributed by atoms with van der Waals surface area (Å²) < 4.78 is 0. The lowest BCUT2D eigenvalue weighted by molar-refractivity contribution is 0.667. The highest BCUT2D eigenvalue weighted by molar-refractivity contribution is 5.68. The minimum absolute atomic E-state index is 1.14. The molecular formula is C16H17N.